The van der Waals surface area contributed by atoms with Crippen LogP contribution in [0.1, 0.15) is 16.1 Å². The van der Waals surface area contributed by atoms with Crippen molar-refractivity contribution < 1.29 is 33.1 Å². The van der Waals surface area contributed by atoms with Gasteiger partial charge in [-0.3, -0.25) is 14.9 Å². The number of benzene rings is 1. The summed E-state index contributed by atoms with van der Waals surface area (Å²) in [5, 5.41) is 13.7. The first-order valence-corrected chi connectivity index (χ1v) is 7.59. The molecule has 136 valence electrons. The summed E-state index contributed by atoms with van der Waals surface area (Å²) in [6.45, 7) is 0.0525. The molecule has 0 aliphatic carbocycles. The van der Waals surface area contributed by atoms with Gasteiger partial charge in [0.15, 0.2) is 18.1 Å². The Kier molecular flexibility index (Phi) is 5.02. The molecule has 0 saturated carbocycles. The fourth-order valence-corrected chi connectivity index (χ4v) is 2.25. The number of fused-ring (bicyclic) bond motifs is 1. The van der Waals surface area contributed by atoms with E-state index in [9.17, 15) is 19.7 Å². The molecule has 1 aromatic carbocycles. The summed E-state index contributed by atoms with van der Waals surface area (Å²) < 4.78 is 20.5. The third kappa shape index (κ3) is 3.91. The van der Waals surface area contributed by atoms with Crippen molar-refractivity contribution in [3.63, 3.8) is 0 Å². The third-order valence-corrected chi connectivity index (χ3v) is 3.45. The number of hydrogen-bond donors (Lipinski definition) is 1. The van der Waals surface area contributed by atoms with E-state index < -0.39 is 29.1 Å². The smallest absolute Gasteiger partial charge is 0.345 e. The number of carbonyl (C=O) groups excluding carboxylic acids is 2. The summed E-state index contributed by atoms with van der Waals surface area (Å²) in [6, 6.07) is 5.62. The number of nitro benzene ring substituents is 1. The molecule has 10 heteroatoms. The maximum absolute atomic E-state index is 12.2. The van der Waals surface area contributed by atoms with E-state index in [1.54, 1.807) is 12.1 Å². The first-order valence-electron chi connectivity index (χ1n) is 7.59. The normalized spacial score (nSPS) is 12.3. The highest BCUT2D eigenvalue weighted by Crippen LogP contribution is 2.36. The van der Waals surface area contributed by atoms with Crippen LogP contribution in [0.15, 0.2) is 34.9 Å². The summed E-state index contributed by atoms with van der Waals surface area (Å²) in [7, 11) is 0. The van der Waals surface area contributed by atoms with E-state index in [2.05, 4.69) is 5.32 Å². The van der Waals surface area contributed by atoms with Crippen molar-refractivity contribution in [3.8, 4) is 11.5 Å². The minimum Gasteiger partial charge on any atom is -0.486 e. The fraction of sp³-hybridized carbons (Fsp3) is 0.250. The molecule has 0 spiro atoms. The SMILES string of the molecule is O=C(COC(=O)c1cc2c(cc1[N+](=O)[O-])OCCO2)NCc1ccco1. The zero-order chi connectivity index (χ0) is 18.5. The number of carbonyl (C=O) groups is 2. The van der Waals surface area contributed by atoms with Crippen LogP contribution in [0.4, 0.5) is 5.69 Å². The van der Waals surface area contributed by atoms with Gasteiger partial charge in [-0.05, 0) is 12.1 Å². The number of nitrogens with one attached hydrogen (secondary N) is 1. The van der Waals surface area contributed by atoms with E-state index >= 15 is 0 Å². The highest BCUT2D eigenvalue weighted by Gasteiger charge is 2.27. The number of amides is 1. The minimum absolute atomic E-state index is 0.132. The number of hydrogen-bond acceptors (Lipinski definition) is 8. The molecule has 0 atom stereocenters. The molecule has 0 fully saturated rings. The molecule has 10 nitrogen and oxygen atoms in total. The second-order valence-corrected chi connectivity index (χ2v) is 5.20. The number of rotatable bonds is 6. The minimum atomic E-state index is -1.01. The van der Waals surface area contributed by atoms with E-state index in [-0.39, 0.29) is 36.8 Å². The Bertz CT molecular complexity index is 831. The molecule has 1 aliphatic heterocycles. The first-order chi connectivity index (χ1) is 12.5. The predicted molar refractivity (Wildman–Crippen MR) is 84.9 cm³/mol. The molecule has 2 aromatic rings. The predicted octanol–water partition coefficient (Wildman–Crippen LogP) is 1.43. The Balaban J connectivity index is 1.65. The zero-order valence-electron chi connectivity index (χ0n) is 13.4. The molecule has 0 saturated heterocycles. The molecule has 0 unspecified atom stereocenters. The quantitative estimate of drug-likeness (QED) is 0.464. The van der Waals surface area contributed by atoms with Crippen molar-refractivity contribution >= 4 is 17.6 Å². The average molecular weight is 362 g/mol. The van der Waals surface area contributed by atoms with Crippen molar-refractivity contribution in [2.45, 2.75) is 6.54 Å². The molecule has 1 amide bonds. The largest absolute Gasteiger partial charge is 0.486 e. The van der Waals surface area contributed by atoms with Gasteiger partial charge in [-0.25, -0.2) is 4.79 Å². The van der Waals surface area contributed by atoms with Crippen molar-refractivity contribution in [1.29, 1.82) is 0 Å². The summed E-state index contributed by atoms with van der Waals surface area (Å²) in [5.74, 6) is -0.671. The number of nitrogens with zero attached hydrogens (tertiary/aromatic N) is 1. The zero-order valence-corrected chi connectivity index (χ0v) is 13.4. The van der Waals surface area contributed by atoms with Crippen LogP contribution in [-0.2, 0) is 16.1 Å². The molecular formula is C16H14N2O8. The summed E-state index contributed by atoms with van der Waals surface area (Å²) >= 11 is 0. The van der Waals surface area contributed by atoms with Gasteiger partial charge < -0.3 is 23.9 Å². The van der Waals surface area contributed by atoms with Gasteiger partial charge in [-0.1, -0.05) is 0 Å². The standard InChI is InChI=1S/C16H14N2O8/c19-15(17-8-10-2-1-3-23-10)9-26-16(20)11-6-13-14(25-5-4-24-13)7-12(11)18(21)22/h1-3,6-7H,4-5,8-9H2,(H,17,19). The Morgan fingerprint density at radius 3 is 2.62 bits per heavy atom. The fourth-order valence-electron chi connectivity index (χ4n) is 2.25. The van der Waals surface area contributed by atoms with E-state index in [4.69, 9.17) is 18.6 Å². The van der Waals surface area contributed by atoms with Gasteiger partial charge in [0.05, 0.1) is 23.8 Å². The van der Waals surface area contributed by atoms with Crippen LogP contribution in [0, 0.1) is 10.1 Å². The maximum atomic E-state index is 12.2. The van der Waals surface area contributed by atoms with Crippen LogP contribution in [-0.4, -0.2) is 36.6 Å². The second-order valence-electron chi connectivity index (χ2n) is 5.20. The van der Waals surface area contributed by atoms with Gasteiger partial charge in [0.2, 0.25) is 0 Å². The van der Waals surface area contributed by atoms with E-state index in [0.29, 0.717) is 5.76 Å². The molecule has 0 bridgehead atoms. The molecule has 1 aromatic heterocycles. The van der Waals surface area contributed by atoms with Crippen LogP contribution >= 0.6 is 0 Å². The van der Waals surface area contributed by atoms with Crippen LogP contribution < -0.4 is 14.8 Å². The topological polar surface area (TPSA) is 130 Å². The van der Waals surface area contributed by atoms with Gasteiger partial charge in [0.1, 0.15) is 24.5 Å². The monoisotopic (exact) mass is 362 g/mol. The van der Waals surface area contributed by atoms with Gasteiger partial charge in [-0.2, -0.15) is 0 Å². The Morgan fingerprint density at radius 1 is 1.23 bits per heavy atom. The maximum Gasteiger partial charge on any atom is 0.345 e. The van der Waals surface area contributed by atoms with Crippen LogP contribution in [0.25, 0.3) is 0 Å². The van der Waals surface area contributed by atoms with Crippen molar-refractivity contribution in [1.82, 2.24) is 5.32 Å². The highest BCUT2D eigenvalue weighted by molar-refractivity contribution is 5.96. The Morgan fingerprint density at radius 2 is 1.96 bits per heavy atom. The average Bonchev–Trinajstić information content (AvgIpc) is 3.16. The number of furan rings is 1. The van der Waals surface area contributed by atoms with Gasteiger partial charge >= 0.3 is 5.97 Å². The van der Waals surface area contributed by atoms with Crippen LogP contribution in [0.3, 0.4) is 0 Å². The summed E-state index contributed by atoms with van der Waals surface area (Å²) in [6.07, 6.45) is 1.46. The van der Waals surface area contributed by atoms with Crippen molar-refractivity contribution in [2.24, 2.45) is 0 Å². The molecule has 3 rings (SSSR count). The lowest BCUT2D eigenvalue weighted by atomic mass is 10.1. The van der Waals surface area contributed by atoms with E-state index in [1.807, 2.05) is 0 Å². The van der Waals surface area contributed by atoms with Gasteiger partial charge in [0, 0.05) is 6.07 Å². The molecule has 2 heterocycles. The molecule has 0 radical (unpaired) electrons. The van der Waals surface area contributed by atoms with Gasteiger partial charge in [-0.15, -0.1) is 0 Å². The van der Waals surface area contributed by atoms with Crippen LogP contribution in [0.5, 0.6) is 11.5 Å². The molecule has 26 heavy (non-hydrogen) atoms. The molecular weight excluding hydrogens is 348 g/mol. The Labute approximate surface area is 146 Å². The summed E-state index contributed by atoms with van der Waals surface area (Å²) in [5.41, 5.74) is -0.812. The Hall–Kier alpha value is -3.56. The second kappa shape index (κ2) is 7.55. The van der Waals surface area contributed by atoms with Crippen molar-refractivity contribution in [2.75, 3.05) is 19.8 Å². The summed E-state index contributed by atoms with van der Waals surface area (Å²) in [4.78, 5) is 34.4. The van der Waals surface area contributed by atoms with Gasteiger partial charge in [0.25, 0.3) is 11.6 Å². The van der Waals surface area contributed by atoms with Crippen LogP contribution in [0.2, 0.25) is 0 Å². The molecule has 1 N–H and O–H groups in total. The van der Waals surface area contributed by atoms with Crippen molar-refractivity contribution in [3.05, 3.63) is 52.0 Å². The lowest BCUT2D eigenvalue weighted by Crippen LogP contribution is -2.28. The lowest BCUT2D eigenvalue weighted by Gasteiger charge is -2.18. The lowest BCUT2D eigenvalue weighted by molar-refractivity contribution is -0.385. The van der Waals surface area contributed by atoms with E-state index in [1.165, 1.54) is 12.3 Å². The highest BCUT2D eigenvalue weighted by atomic mass is 16.6. The number of esters is 1. The first kappa shape index (κ1) is 17.3. The van der Waals surface area contributed by atoms with E-state index in [0.717, 1.165) is 6.07 Å². The molecule has 1 aliphatic rings. The number of nitro groups is 1. The third-order valence-electron chi connectivity index (χ3n) is 3.45. The number of ether oxygens (including phenoxy) is 3.